The van der Waals surface area contributed by atoms with Crippen molar-refractivity contribution < 1.29 is 5.11 Å². The molecule has 14 heavy (non-hydrogen) atoms. The number of aliphatic hydroxyl groups is 1. The Balaban J connectivity index is 2.98. The van der Waals surface area contributed by atoms with E-state index in [1.807, 2.05) is 18.9 Å². The van der Waals surface area contributed by atoms with Crippen LogP contribution in [0.5, 0.6) is 0 Å². The van der Waals surface area contributed by atoms with E-state index in [9.17, 15) is 0 Å². The molecule has 0 spiro atoms. The van der Waals surface area contributed by atoms with Gasteiger partial charge in [0.15, 0.2) is 0 Å². The van der Waals surface area contributed by atoms with E-state index in [0.717, 1.165) is 11.5 Å². The zero-order chi connectivity index (χ0) is 10.6. The summed E-state index contributed by atoms with van der Waals surface area (Å²) in [5.74, 6) is 0.718. The van der Waals surface area contributed by atoms with Crippen molar-refractivity contribution in [1.82, 2.24) is 4.98 Å². The van der Waals surface area contributed by atoms with E-state index in [2.05, 4.69) is 11.1 Å². The highest BCUT2D eigenvalue weighted by atomic mass is 16.3. The van der Waals surface area contributed by atoms with Crippen LogP contribution in [0.4, 0.5) is 5.82 Å². The molecule has 0 aliphatic carbocycles. The average molecular weight is 191 g/mol. The zero-order valence-corrected chi connectivity index (χ0v) is 8.36. The van der Waals surface area contributed by atoms with Crippen molar-refractivity contribution in [3.63, 3.8) is 0 Å². The number of nitrogens with zero attached hydrogens (tertiary/aromatic N) is 3. The molecule has 0 unspecified atom stereocenters. The third kappa shape index (κ3) is 2.44. The molecule has 0 bridgehead atoms. The molecule has 1 rings (SSSR count). The van der Waals surface area contributed by atoms with Crippen LogP contribution in [0.25, 0.3) is 0 Å². The Labute approximate surface area is 83.4 Å². The molecule has 0 aromatic carbocycles. The second-order valence-electron chi connectivity index (χ2n) is 3.11. The molecule has 1 heterocycles. The van der Waals surface area contributed by atoms with E-state index in [-0.39, 0.29) is 6.61 Å². The van der Waals surface area contributed by atoms with Crippen molar-refractivity contribution in [3.8, 4) is 6.07 Å². The Bertz CT molecular complexity index is 357. The van der Waals surface area contributed by atoms with Crippen molar-refractivity contribution in [2.45, 2.75) is 6.92 Å². The Morgan fingerprint density at radius 3 is 2.86 bits per heavy atom. The first-order valence-electron chi connectivity index (χ1n) is 4.38. The topological polar surface area (TPSA) is 60.2 Å². The molecule has 1 aromatic heterocycles. The lowest BCUT2D eigenvalue weighted by Gasteiger charge is -2.17. The number of hydrogen-bond acceptors (Lipinski definition) is 4. The third-order valence-corrected chi connectivity index (χ3v) is 1.90. The van der Waals surface area contributed by atoms with Gasteiger partial charge in [0, 0.05) is 19.3 Å². The molecule has 4 heteroatoms. The molecule has 74 valence electrons. The predicted molar refractivity (Wildman–Crippen MR) is 54.0 cm³/mol. The second-order valence-corrected chi connectivity index (χ2v) is 3.11. The van der Waals surface area contributed by atoms with Crippen LogP contribution in [0.2, 0.25) is 0 Å². The highest BCUT2D eigenvalue weighted by Gasteiger charge is 2.04. The van der Waals surface area contributed by atoms with Crippen molar-refractivity contribution in [3.05, 3.63) is 23.4 Å². The van der Waals surface area contributed by atoms with E-state index >= 15 is 0 Å². The quantitative estimate of drug-likeness (QED) is 0.763. The summed E-state index contributed by atoms with van der Waals surface area (Å²) < 4.78 is 0. The molecule has 0 amide bonds. The van der Waals surface area contributed by atoms with Crippen LogP contribution < -0.4 is 4.90 Å². The van der Waals surface area contributed by atoms with Gasteiger partial charge >= 0.3 is 0 Å². The van der Waals surface area contributed by atoms with Gasteiger partial charge in [-0.3, -0.25) is 0 Å². The summed E-state index contributed by atoms with van der Waals surface area (Å²) in [6.45, 7) is 2.44. The molecule has 0 atom stereocenters. The van der Waals surface area contributed by atoms with Gasteiger partial charge in [-0.15, -0.1) is 0 Å². The minimum absolute atomic E-state index is 0.0774. The number of anilines is 1. The maximum absolute atomic E-state index is 8.76. The summed E-state index contributed by atoms with van der Waals surface area (Å²) in [5, 5.41) is 17.5. The van der Waals surface area contributed by atoms with Crippen LogP contribution in [0.15, 0.2) is 12.1 Å². The van der Waals surface area contributed by atoms with E-state index in [4.69, 9.17) is 10.4 Å². The largest absolute Gasteiger partial charge is 0.395 e. The van der Waals surface area contributed by atoms with Crippen molar-refractivity contribution in [2.75, 3.05) is 25.1 Å². The van der Waals surface area contributed by atoms with Crippen LogP contribution in [-0.2, 0) is 0 Å². The van der Waals surface area contributed by atoms with Crippen molar-refractivity contribution in [1.29, 1.82) is 5.26 Å². The summed E-state index contributed by atoms with van der Waals surface area (Å²) in [5.41, 5.74) is 1.40. The van der Waals surface area contributed by atoms with Gasteiger partial charge in [-0.25, -0.2) is 4.98 Å². The number of likely N-dealkylation sites (N-methyl/N-ethyl adjacent to an activating group) is 1. The lowest BCUT2D eigenvalue weighted by molar-refractivity contribution is 0.304. The zero-order valence-electron chi connectivity index (χ0n) is 8.36. The van der Waals surface area contributed by atoms with Crippen LogP contribution >= 0.6 is 0 Å². The van der Waals surface area contributed by atoms with Gasteiger partial charge in [0.1, 0.15) is 5.82 Å². The van der Waals surface area contributed by atoms with Gasteiger partial charge in [-0.2, -0.15) is 5.26 Å². The molecule has 1 aromatic rings. The Kier molecular flexibility index (Phi) is 3.43. The molecule has 0 saturated heterocycles. The van der Waals surface area contributed by atoms with Crippen LogP contribution in [-0.4, -0.2) is 30.3 Å². The standard InChI is InChI=1S/C10H13N3O/c1-8-5-9(7-11)6-10(12-8)13(2)3-4-14/h5-6,14H,3-4H2,1-2H3. The lowest BCUT2D eigenvalue weighted by Crippen LogP contribution is -2.22. The first kappa shape index (κ1) is 10.5. The van der Waals surface area contributed by atoms with Crippen LogP contribution in [0.3, 0.4) is 0 Å². The molecular weight excluding hydrogens is 178 g/mol. The summed E-state index contributed by atoms with van der Waals surface area (Å²) in [6, 6.07) is 5.52. The van der Waals surface area contributed by atoms with Crippen LogP contribution in [0.1, 0.15) is 11.3 Å². The monoisotopic (exact) mass is 191 g/mol. The number of nitriles is 1. The van der Waals surface area contributed by atoms with Gasteiger partial charge in [0.2, 0.25) is 0 Å². The fraction of sp³-hybridized carbons (Fsp3) is 0.400. The Hall–Kier alpha value is -1.60. The molecule has 0 saturated carbocycles. The van der Waals surface area contributed by atoms with E-state index < -0.39 is 0 Å². The smallest absolute Gasteiger partial charge is 0.129 e. The maximum Gasteiger partial charge on any atom is 0.129 e. The molecule has 0 fully saturated rings. The summed E-state index contributed by atoms with van der Waals surface area (Å²) in [7, 11) is 1.83. The fourth-order valence-corrected chi connectivity index (χ4v) is 1.18. The fourth-order valence-electron chi connectivity index (χ4n) is 1.18. The number of rotatable bonds is 3. The Morgan fingerprint density at radius 2 is 2.29 bits per heavy atom. The first-order chi connectivity index (χ1) is 6.67. The number of aryl methyl sites for hydroxylation is 1. The first-order valence-corrected chi connectivity index (χ1v) is 4.38. The van der Waals surface area contributed by atoms with Crippen molar-refractivity contribution >= 4 is 5.82 Å². The molecular formula is C10H13N3O. The van der Waals surface area contributed by atoms with Crippen LogP contribution in [0, 0.1) is 18.3 Å². The highest BCUT2D eigenvalue weighted by molar-refractivity contribution is 5.45. The summed E-state index contributed by atoms with van der Waals surface area (Å²) in [6.07, 6.45) is 0. The number of aliphatic hydroxyl groups excluding tert-OH is 1. The number of hydrogen-bond donors (Lipinski definition) is 1. The molecule has 1 N–H and O–H groups in total. The van der Waals surface area contributed by atoms with Gasteiger partial charge in [0.05, 0.1) is 18.2 Å². The third-order valence-electron chi connectivity index (χ3n) is 1.90. The minimum atomic E-state index is 0.0774. The molecule has 0 aliphatic rings. The average Bonchev–Trinajstić information content (AvgIpc) is 2.17. The minimum Gasteiger partial charge on any atom is -0.395 e. The molecule has 4 nitrogen and oxygen atoms in total. The van der Waals surface area contributed by atoms with E-state index in [0.29, 0.717) is 12.1 Å². The Morgan fingerprint density at radius 1 is 1.57 bits per heavy atom. The maximum atomic E-state index is 8.76. The van der Waals surface area contributed by atoms with Crippen molar-refractivity contribution in [2.24, 2.45) is 0 Å². The van der Waals surface area contributed by atoms with Gasteiger partial charge in [-0.05, 0) is 19.1 Å². The number of pyridine rings is 1. The van der Waals surface area contributed by atoms with Gasteiger partial charge < -0.3 is 10.0 Å². The summed E-state index contributed by atoms with van der Waals surface area (Å²) in [4.78, 5) is 6.08. The predicted octanol–water partition coefficient (Wildman–Crippen LogP) is 0.690. The number of aromatic nitrogens is 1. The lowest BCUT2D eigenvalue weighted by atomic mass is 10.2. The summed E-state index contributed by atoms with van der Waals surface area (Å²) >= 11 is 0. The SMILES string of the molecule is Cc1cc(C#N)cc(N(C)CCO)n1. The normalized spacial score (nSPS) is 9.57. The van der Waals surface area contributed by atoms with E-state index in [1.165, 1.54) is 0 Å². The van der Waals surface area contributed by atoms with E-state index in [1.54, 1.807) is 12.1 Å². The second kappa shape index (κ2) is 4.58. The molecule has 0 aliphatic heterocycles. The van der Waals surface area contributed by atoms with Gasteiger partial charge in [-0.1, -0.05) is 0 Å². The van der Waals surface area contributed by atoms with Gasteiger partial charge in [0.25, 0.3) is 0 Å². The molecule has 0 radical (unpaired) electrons. The highest BCUT2D eigenvalue weighted by Crippen LogP contribution is 2.12.